The summed E-state index contributed by atoms with van der Waals surface area (Å²) in [4.78, 5) is 10.7. The molecule has 2 aromatic rings. The molecule has 1 aromatic heterocycles. The number of morpholine rings is 1. The maximum Gasteiger partial charge on any atom is 0.147 e. The third-order valence-corrected chi connectivity index (χ3v) is 3.31. The summed E-state index contributed by atoms with van der Waals surface area (Å²) in [7, 11) is 0. The molecule has 0 N–H and O–H groups in total. The molecule has 2 heterocycles. The van der Waals surface area contributed by atoms with Gasteiger partial charge < -0.3 is 9.64 Å². The minimum atomic E-state index is 0.0898. The van der Waals surface area contributed by atoms with Gasteiger partial charge in [-0.2, -0.15) is 0 Å². The first kappa shape index (κ1) is 12.1. The van der Waals surface area contributed by atoms with Crippen molar-refractivity contribution >= 4 is 5.82 Å². The summed E-state index contributed by atoms with van der Waals surface area (Å²) in [5.74, 6) is 0.915. The van der Waals surface area contributed by atoms with Gasteiger partial charge in [0.05, 0.1) is 12.3 Å². The van der Waals surface area contributed by atoms with E-state index in [0.29, 0.717) is 0 Å². The van der Waals surface area contributed by atoms with Crippen LogP contribution in [0.25, 0.3) is 0 Å². The van der Waals surface area contributed by atoms with Crippen LogP contribution in [0.4, 0.5) is 5.82 Å². The molecular formula is C15H17N3O. The fraction of sp³-hybridized carbons (Fsp3) is 0.333. The quantitative estimate of drug-likeness (QED) is 0.826. The van der Waals surface area contributed by atoms with Gasteiger partial charge in [-0.05, 0) is 12.5 Å². The second-order valence-electron chi connectivity index (χ2n) is 4.81. The Bertz CT molecular complexity index is 470. The number of hydrogen-bond donors (Lipinski definition) is 0. The Hall–Kier alpha value is -1.94. The number of aromatic nitrogens is 2. The van der Waals surface area contributed by atoms with E-state index < -0.39 is 0 Å². The summed E-state index contributed by atoms with van der Waals surface area (Å²) in [5.41, 5.74) is 1.21. The summed E-state index contributed by atoms with van der Waals surface area (Å²) < 4.78 is 6.03. The molecule has 0 aliphatic carbocycles. The van der Waals surface area contributed by atoms with E-state index in [0.717, 1.165) is 18.9 Å². The zero-order chi connectivity index (χ0) is 13.1. The highest BCUT2D eigenvalue weighted by atomic mass is 16.5. The predicted octanol–water partition coefficient (Wildman–Crippen LogP) is 2.44. The van der Waals surface area contributed by atoms with Crippen molar-refractivity contribution in [2.24, 2.45) is 0 Å². The van der Waals surface area contributed by atoms with Crippen molar-refractivity contribution in [3.8, 4) is 0 Å². The Morgan fingerprint density at radius 2 is 2.00 bits per heavy atom. The Kier molecular flexibility index (Phi) is 3.42. The van der Waals surface area contributed by atoms with Gasteiger partial charge in [0.15, 0.2) is 0 Å². The molecule has 1 aliphatic heterocycles. The number of nitrogens with zero attached hydrogens (tertiary/aromatic N) is 3. The average molecular weight is 255 g/mol. The molecule has 1 aromatic carbocycles. The van der Waals surface area contributed by atoms with E-state index in [2.05, 4.69) is 33.9 Å². The smallest absolute Gasteiger partial charge is 0.147 e. The van der Waals surface area contributed by atoms with Gasteiger partial charge >= 0.3 is 0 Å². The van der Waals surface area contributed by atoms with Crippen molar-refractivity contribution in [2.45, 2.75) is 19.1 Å². The van der Waals surface area contributed by atoms with Gasteiger partial charge in [0.25, 0.3) is 0 Å². The molecule has 1 saturated heterocycles. The Balaban J connectivity index is 1.82. The van der Waals surface area contributed by atoms with Crippen molar-refractivity contribution in [1.82, 2.24) is 9.97 Å². The van der Waals surface area contributed by atoms with Gasteiger partial charge in [-0.25, -0.2) is 4.98 Å². The van der Waals surface area contributed by atoms with Gasteiger partial charge in [-0.15, -0.1) is 0 Å². The van der Waals surface area contributed by atoms with Crippen LogP contribution in [0.1, 0.15) is 18.6 Å². The van der Waals surface area contributed by atoms with E-state index in [1.165, 1.54) is 5.56 Å². The number of ether oxygens (including phenoxy) is 1. The predicted molar refractivity (Wildman–Crippen MR) is 74.0 cm³/mol. The Morgan fingerprint density at radius 1 is 1.16 bits per heavy atom. The van der Waals surface area contributed by atoms with E-state index in [-0.39, 0.29) is 12.2 Å². The van der Waals surface area contributed by atoms with Crippen LogP contribution >= 0.6 is 0 Å². The van der Waals surface area contributed by atoms with Crippen LogP contribution in [0.15, 0.2) is 48.9 Å². The molecule has 0 spiro atoms. The molecule has 1 aliphatic rings. The van der Waals surface area contributed by atoms with Crippen LogP contribution in [-0.2, 0) is 4.74 Å². The van der Waals surface area contributed by atoms with Gasteiger partial charge in [0.1, 0.15) is 11.9 Å². The van der Waals surface area contributed by atoms with Crippen LogP contribution in [-0.4, -0.2) is 29.2 Å². The van der Waals surface area contributed by atoms with Gasteiger partial charge in [-0.1, -0.05) is 30.3 Å². The van der Waals surface area contributed by atoms with E-state index in [4.69, 9.17) is 4.74 Å². The van der Waals surface area contributed by atoms with Gasteiger partial charge in [0.2, 0.25) is 0 Å². The van der Waals surface area contributed by atoms with Crippen molar-refractivity contribution in [3.63, 3.8) is 0 Å². The van der Waals surface area contributed by atoms with E-state index in [1.54, 1.807) is 18.6 Å². The van der Waals surface area contributed by atoms with E-state index in [9.17, 15) is 0 Å². The van der Waals surface area contributed by atoms with E-state index >= 15 is 0 Å². The fourth-order valence-electron chi connectivity index (χ4n) is 2.44. The maximum atomic E-state index is 6.03. The van der Waals surface area contributed by atoms with Crippen LogP contribution in [0, 0.1) is 0 Å². The maximum absolute atomic E-state index is 6.03. The van der Waals surface area contributed by atoms with Crippen molar-refractivity contribution in [3.05, 3.63) is 54.5 Å². The second kappa shape index (κ2) is 5.36. The van der Waals surface area contributed by atoms with E-state index in [1.807, 2.05) is 18.2 Å². The monoisotopic (exact) mass is 255 g/mol. The standard InChI is InChI=1S/C15H17N3O/c1-12-10-18(15-9-16-7-8-17-15)11-14(19-12)13-5-3-2-4-6-13/h2-9,12,14H,10-11H2,1H3. The van der Waals surface area contributed by atoms with Crippen LogP contribution in [0.2, 0.25) is 0 Å². The van der Waals surface area contributed by atoms with Crippen molar-refractivity contribution in [2.75, 3.05) is 18.0 Å². The molecule has 2 atom stereocenters. The number of rotatable bonds is 2. The molecule has 0 amide bonds. The average Bonchev–Trinajstić information content (AvgIpc) is 2.48. The van der Waals surface area contributed by atoms with Crippen LogP contribution in [0.5, 0.6) is 0 Å². The molecule has 2 unspecified atom stereocenters. The molecule has 0 saturated carbocycles. The lowest BCUT2D eigenvalue weighted by Crippen LogP contribution is -2.43. The lowest BCUT2D eigenvalue weighted by molar-refractivity contribution is -0.0176. The first-order chi connectivity index (χ1) is 9.33. The normalized spacial score (nSPS) is 23.3. The minimum absolute atomic E-state index is 0.0898. The molecule has 4 heteroatoms. The third-order valence-electron chi connectivity index (χ3n) is 3.31. The zero-order valence-electron chi connectivity index (χ0n) is 10.9. The molecule has 1 fully saturated rings. The second-order valence-corrected chi connectivity index (χ2v) is 4.81. The first-order valence-corrected chi connectivity index (χ1v) is 6.54. The molecule has 0 radical (unpaired) electrons. The molecule has 19 heavy (non-hydrogen) atoms. The highest BCUT2D eigenvalue weighted by Gasteiger charge is 2.27. The summed E-state index contributed by atoms with van der Waals surface area (Å²) in [6.07, 6.45) is 5.50. The molecule has 0 bridgehead atoms. The molecule has 98 valence electrons. The lowest BCUT2D eigenvalue weighted by atomic mass is 10.1. The lowest BCUT2D eigenvalue weighted by Gasteiger charge is -2.37. The summed E-state index contributed by atoms with van der Waals surface area (Å²) in [6, 6.07) is 10.3. The van der Waals surface area contributed by atoms with Gasteiger partial charge in [0, 0.05) is 25.5 Å². The molecule has 3 rings (SSSR count). The fourth-order valence-corrected chi connectivity index (χ4v) is 2.44. The van der Waals surface area contributed by atoms with Crippen LogP contribution in [0.3, 0.4) is 0 Å². The largest absolute Gasteiger partial charge is 0.367 e. The number of hydrogen-bond acceptors (Lipinski definition) is 4. The number of anilines is 1. The summed E-state index contributed by atoms with van der Waals surface area (Å²) >= 11 is 0. The highest BCUT2D eigenvalue weighted by Crippen LogP contribution is 2.27. The topological polar surface area (TPSA) is 38.2 Å². The zero-order valence-corrected chi connectivity index (χ0v) is 10.9. The minimum Gasteiger partial charge on any atom is -0.367 e. The first-order valence-electron chi connectivity index (χ1n) is 6.54. The highest BCUT2D eigenvalue weighted by molar-refractivity contribution is 5.37. The summed E-state index contributed by atoms with van der Waals surface area (Å²) in [6.45, 7) is 3.76. The van der Waals surface area contributed by atoms with Crippen LogP contribution < -0.4 is 4.90 Å². The molecule has 4 nitrogen and oxygen atoms in total. The number of benzene rings is 1. The van der Waals surface area contributed by atoms with Crippen molar-refractivity contribution in [1.29, 1.82) is 0 Å². The molecular weight excluding hydrogens is 238 g/mol. The van der Waals surface area contributed by atoms with Crippen molar-refractivity contribution < 1.29 is 4.74 Å². The third kappa shape index (κ3) is 2.74. The SMILES string of the molecule is CC1CN(c2cnccn2)CC(c2ccccc2)O1. The Morgan fingerprint density at radius 3 is 2.74 bits per heavy atom. The van der Waals surface area contributed by atoms with Gasteiger partial charge in [-0.3, -0.25) is 4.98 Å². The summed E-state index contributed by atoms with van der Waals surface area (Å²) in [5, 5.41) is 0. The Labute approximate surface area is 113 Å².